The molecule has 0 N–H and O–H groups in total. The van der Waals surface area contributed by atoms with Gasteiger partial charge in [0.1, 0.15) is 0 Å². The smallest absolute Gasteiger partial charge is 0.0572 e. The lowest BCUT2D eigenvalue weighted by atomic mass is 9.98. The monoisotopic (exact) mass is 670 g/mol. The molecule has 0 fully saturated rings. The van der Waals surface area contributed by atoms with E-state index in [4.69, 9.17) is 0 Å². The Balaban J connectivity index is 0.818. The first kappa shape index (κ1) is 30.2. The van der Waals surface area contributed by atoms with E-state index in [2.05, 4.69) is 144 Å². The maximum atomic E-state index is 4.53. The topological polar surface area (TPSA) is 60.9 Å². The summed E-state index contributed by atoms with van der Waals surface area (Å²) in [6.07, 6.45) is 16.1. The first-order valence-electron chi connectivity index (χ1n) is 17.8. The van der Waals surface area contributed by atoms with Gasteiger partial charge in [0, 0.05) is 95.2 Å². The quantitative estimate of drug-likeness (QED) is 0.170. The third-order valence-corrected chi connectivity index (χ3v) is 10.4. The maximum absolute atomic E-state index is 4.53. The van der Waals surface area contributed by atoms with Gasteiger partial charge in [-0.2, -0.15) is 0 Å². The van der Waals surface area contributed by atoms with Gasteiger partial charge in [0.25, 0.3) is 0 Å². The van der Waals surface area contributed by atoms with E-state index < -0.39 is 0 Å². The summed E-state index contributed by atoms with van der Waals surface area (Å²) >= 11 is 0. The van der Waals surface area contributed by atoms with Crippen LogP contribution in [0.4, 0.5) is 0 Å². The molecule has 9 aromatic rings. The zero-order valence-electron chi connectivity index (χ0n) is 28.5. The highest BCUT2D eigenvalue weighted by molar-refractivity contribution is 6.08. The van der Waals surface area contributed by atoms with Crippen molar-refractivity contribution in [3.8, 4) is 22.5 Å². The summed E-state index contributed by atoms with van der Waals surface area (Å²) in [5.74, 6) is 0. The molecule has 6 heteroatoms. The summed E-state index contributed by atoms with van der Waals surface area (Å²) in [7, 11) is 0. The summed E-state index contributed by atoms with van der Waals surface area (Å²) in [6, 6.07) is 42.1. The first-order valence-corrected chi connectivity index (χ1v) is 17.8. The van der Waals surface area contributed by atoms with Crippen LogP contribution in [0.5, 0.6) is 0 Å². The van der Waals surface area contributed by atoms with Gasteiger partial charge in [0.2, 0.25) is 0 Å². The number of aromatic nitrogens is 5. The summed E-state index contributed by atoms with van der Waals surface area (Å²) in [5.41, 5.74) is 15.9. The number of pyridine rings is 3. The molecule has 6 nitrogen and oxygen atoms in total. The van der Waals surface area contributed by atoms with Gasteiger partial charge in [-0.1, -0.05) is 72.8 Å². The second-order valence-corrected chi connectivity index (χ2v) is 13.6. The Morgan fingerprint density at radius 3 is 1.37 bits per heavy atom. The lowest BCUT2D eigenvalue weighted by Crippen LogP contribution is -2.07. The third-order valence-electron chi connectivity index (χ3n) is 10.4. The number of nitrogens with zero attached hydrogens (tertiary/aromatic N) is 6. The van der Waals surface area contributed by atoms with Crippen LogP contribution in [-0.2, 0) is 19.3 Å². The molecule has 0 saturated carbocycles. The van der Waals surface area contributed by atoms with Crippen LogP contribution in [0.15, 0.2) is 157 Å². The van der Waals surface area contributed by atoms with Crippen LogP contribution in [0.2, 0.25) is 0 Å². The van der Waals surface area contributed by atoms with Crippen molar-refractivity contribution < 1.29 is 0 Å². The minimum absolute atomic E-state index is 0.826. The number of rotatable bonds is 7. The van der Waals surface area contributed by atoms with Crippen LogP contribution < -0.4 is 0 Å². The van der Waals surface area contributed by atoms with Crippen molar-refractivity contribution in [2.75, 3.05) is 6.54 Å². The number of hydrogen-bond acceptors (Lipinski definition) is 4. The molecule has 1 aliphatic rings. The molecule has 0 amide bonds. The molecule has 52 heavy (non-hydrogen) atoms. The van der Waals surface area contributed by atoms with Crippen molar-refractivity contribution in [2.24, 2.45) is 4.99 Å². The van der Waals surface area contributed by atoms with Crippen LogP contribution in [0.25, 0.3) is 55.2 Å². The van der Waals surface area contributed by atoms with E-state index in [1.165, 1.54) is 61.2 Å². The van der Waals surface area contributed by atoms with Gasteiger partial charge in [-0.3, -0.25) is 19.9 Å². The zero-order valence-corrected chi connectivity index (χ0v) is 28.5. The molecule has 0 spiro atoms. The SMILES string of the molecule is C1=NCCc2c1c1cnccc1n2-c1ccc(Cc2ccc(-c3ccc(Cc4ccc(-n5c6ccncc6c6cnccc65)cc4)cc3)cc2)cc1. The predicted molar refractivity (Wildman–Crippen MR) is 211 cm³/mol. The van der Waals surface area contributed by atoms with Gasteiger partial charge < -0.3 is 9.13 Å². The molecule has 248 valence electrons. The molecule has 1 aliphatic heterocycles. The van der Waals surface area contributed by atoms with Crippen molar-refractivity contribution in [1.29, 1.82) is 0 Å². The molecule has 4 aromatic carbocycles. The fourth-order valence-corrected chi connectivity index (χ4v) is 7.84. The Hall–Kier alpha value is -6.66. The molecule has 0 saturated heterocycles. The fraction of sp³-hybridized carbons (Fsp3) is 0.0870. The Bertz CT molecular complexity index is 2700. The first-order chi connectivity index (χ1) is 25.8. The van der Waals surface area contributed by atoms with Crippen LogP contribution >= 0.6 is 0 Å². The third kappa shape index (κ3) is 5.28. The molecule has 10 rings (SSSR count). The normalized spacial score (nSPS) is 12.5. The van der Waals surface area contributed by atoms with Gasteiger partial charge in [-0.25, -0.2) is 0 Å². The lowest BCUT2D eigenvalue weighted by Gasteiger charge is -2.13. The predicted octanol–water partition coefficient (Wildman–Crippen LogP) is 9.74. The maximum Gasteiger partial charge on any atom is 0.0572 e. The largest absolute Gasteiger partial charge is 0.313 e. The molecule has 0 unspecified atom stereocenters. The van der Waals surface area contributed by atoms with E-state index in [-0.39, 0.29) is 0 Å². The Labute approximate surface area is 301 Å². The Kier molecular flexibility index (Phi) is 7.31. The molecule has 0 aliphatic carbocycles. The highest BCUT2D eigenvalue weighted by atomic mass is 15.0. The van der Waals surface area contributed by atoms with Crippen molar-refractivity contribution >= 4 is 38.9 Å². The van der Waals surface area contributed by atoms with Gasteiger partial charge in [0.15, 0.2) is 0 Å². The van der Waals surface area contributed by atoms with Crippen LogP contribution in [-0.4, -0.2) is 36.8 Å². The molecule has 0 radical (unpaired) electrons. The summed E-state index contributed by atoms with van der Waals surface area (Å²) in [4.78, 5) is 17.6. The standard InChI is InChI=1S/C46H34N6/c1-9-35(10-2-31(1)25-33-5-13-37(14-6-33)51-43-17-21-47-27-39(43)40-28-48-22-18-44(40)51)36-11-3-32(4-12-36)26-34-7-15-38(16-8-34)52-45-19-23-49-29-41(45)42-30-50-24-20-46(42)52/h1-19,21-23,27-30H,20,24-26H2. The van der Waals surface area contributed by atoms with E-state index in [9.17, 15) is 0 Å². The Morgan fingerprint density at radius 1 is 0.442 bits per heavy atom. The molecule has 5 aromatic heterocycles. The van der Waals surface area contributed by atoms with E-state index in [1.807, 2.05) is 43.4 Å². The second kappa shape index (κ2) is 12.6. The number of benzene rings is 4. The summed E-state index contributed by atoms with van der Waals surface area (Å²) in [5, 5.41) is 3.40. The van der Waals surface area contributed by atoms with Crippen LogP contribution in [0.3, 0.4) is 0 Å². The number of aliphatic imine (C=N–C) groups is 1. The van der Waals surface area contributed by atoms with Crippen LogP contribution in [0.1, 0.15) is 33.5 Å². The summed E-state index contributed by atoms with van der Waals surface area (Å²) < 4.78 is 4.67. The summed E-state index contributed by atoms with van der Waals surface area (Å²) in [6.45, 7) is 0.826. The van der Waals surface area contributed by atoms with Crippen LogP contribution in [0, 0.1) is 0 Å². The van der Waals surface area contributed by atoms with Crippen molar-refractivity contribution in [3.63, 3.8) is 0 Å². The zero-order chi connectivity index (χ0) is 34.4. The Morgan fingerprint density at radius 2 is 0.865 bits per heavy atom. The molecular formula is C46H34N6. The average Bonchev–Trinajstić information content (AvgIpc) is 3.73. The molecule has 0 atom stereocenters. The minimum atomic E-state index is 0.826. The van der Waals surface area contributed by atoms with Crippen molar-refractivity contribution in [3.05, 3.63) is 186 Å². The number of hydrogen-bond donors (Lipinski definition) is 0. The van der Waals surface area contributed by atoms with Gasteiger partial charge in [-0.15, -0.1) is 0 Å². The second-order valence-electron chi connectivity index (χ2n) is 13.6. The van der Waals surface area contributed by atoms with E-state index in [0.29, 0.717) is 0 Å². The van der Waals surface area contributed by atoms with Gasteiger partial charge in [0.05, 0.1) is 16.6 Å². The lowest BCUT2D eigenvalue weighted by molar-refractivity contribution is 0.874. The van der Waals surface area contributed by atoms with Crippen molar-refractivity contribution in [2.45, 2.75) is 19.3 Å². The van der Waals surface area contributed by atoms with Gasteiger partial charge in [-0.05, 0) is 88.7 Å². The van der Waals surface area contributed by atoms with Crippen molar-refractivity contribution in [1.82, 2.24) is 24.1 Å². The van der Waals surface area contributed by atoms with E-state index in [1.54, 1.807) is 0 Å². The average molecular weight is 671 g/mol. The van der Waals surface area contributed by atoms with E-state index in [0.717, 1.165) is 53.3 Å². The molecular weight excluding hydrogens is 637 g/mol. The number of fused-ring (bicyclic) bond motifs is 6. The molecule has 0 bridgehead atoms. The fourth-order valence-electron chi connectivity index (χ4n) is 7.84. The minimum Gasteiger partial charge on any atom is -0.313 e. The highest BCUT2D eigenvalue weighted by Crippen LogP contribution is 2.32. The highest BCUT2D eigenvalue weighted by Gasteiger charge is 2.19. The van der Waals surface area contributed by atoms with Gasteiger partial charge >= 0.3 is 0 Å². The van der Waals surface area contributed by atoms with E-state index >= 15 is 0 Å². The molecule has 6 heterocycles.